The number of amides is 1. The molecular weight excluding hydrogens is 230 g/mol. The summed E-state index contributed by atoms with van der Waals surface area (Å²) in [5.74, 6) is 0.0655. The van der Waals surface area contributed by atoms with E-state index < -0.39 is 0 Å². The summed E-state index contributed by atoms with van der Waals surface area (Å²) >= 11 is 0. The predicted molar refractivity (Wildman–Crippen MR) is 68.8 cm³/mol. The van der Waals surface area contributed by atoms with E-state index in [-0.39, 0.29) is 24.0 Å². The molecule has 1 aliphatic heterocycles. The van der Waals surface area contributed by atoms with Crippen LogP contribution in [0.1, 0.15) is 25.5 Å². The van der Waals surface area contributed by atoms with Gasteiger partial charge in [-0.3, -0.25) is 14.4 Å². The van der Waals surface area contributed by atoms with Gasteiger partial charge in [0.25, 0.3) is 0 Å². The van der Waals surface area contributed by atoms with Crippen LogP contribution in [0, 0.1) is 0 Å². The van der Waals surface area contributed by atoms with Crippen LogP contribution in [-0.2, 0) is 11.8 Å². The first-order valence-electron chi connectivity index (χ1n) is 6.28. The second-order valence-corrected chi connectivity index (χ2v) is 4.96. The summed E-state index contributed by atoms with van der Waals surface area (Å²) in [5.41, 5.74) is 7.17. The van der Waals surface area contributed by atoms with E-state index in [2.05, 4.69) is 15.3 Å². The van der Waals surface area contributed by atoms with Gasteiger partial charge in [-0.25, -0.2) is 0 Å². The van der Waals surface area contributed by atoms with Gasteiger partial charge in [-0.15, -0.1) is 0 Å². The minimum absolute atomic E-state index is 0.0275. The number of nitrogens with two attached hydrogens (primary N) is 1. The number of aryl methyl sites for hydroxylation is 1. The van der Waals surface area contributed by atoms with Crippen molar-refractivity contribution < 1.29 is 4.79 Å². The quantitative estimate of drug-likeness (QED) is 0.768. The molecule has 2 heterocycles. The zero-order valence-electron chi connectivity index (χ0n) is 11.1. The van der Waals surface area contributed by atoms with Gasteiger partial charge in [-0.2, -0.15) is 5.10 Å². The third-order valence-corrected chi connectivity index (χ3v) is 3.47. The van der Waals surface area contributed by atoms with Gasteiger partial charge in [0, 0.05) is 37.9 Å². The number of carbonyl (C=O) groups excluding carboxylic acids is 1. The molecule has 6 heteroatoms. The maximum Gasteiger partial charge on any atom is 0.237 e. The van der Waals surface area contributed by atoms with Crippen molar-refractivity contribution in [3.05, 3.63) is 18.0 Å². The second-order valence-electron chi connectivity index (χ2n) is 4.96. The van der Waals surface area contributed by atoms with Crippen molar-refractivity contribution in [3.8, 4) is 0 Å². The molecule has 100 valence electrons. The Morgan fingerprint density at radius 3 is 2.89 bits per heavy atom. The highest BCUT2D eigenvalue weighted by Crippen LogP contribution is 2.26. The van der Waals surface area contributed by atoms with E-state index in [0.717, 1.165) is 12.1 Å². The average molecular weight is 251 g/mol. The van der Waals surface area contributed by atoms with Crippen LogP contribution in [0.3, 0.4) is 0 Å². The Bertz CT molecular complexity index is 428. The van der Waals surface area contributed by atoms with Gasteiger partial charge < -0.3 is 11.1 Å². The number of carbonyl (C=O) groups is 1. The first-order valence-corrected chi connectivity index (χ1v) is 6.28. The lowest BCUT2D eigenvalue weighted by Crippen LogP contribution is -2.57. The van der Waals surface area contributed by atoms with Crippen LogP contribution < -0.4 is 11.1 Å². The van der Waals surface area contributed by atoms with Crippen LogP contribution in [0.5, 0.6) is 0 Å². The highest BCUT2D eigenvalue weighted by molar-refractivity contribution is 5.82. The number of hydrogen-bond acceptors (Lipinski definition) is 4. The summed E-state index contributed by atoms with van der Waals surface area (Å²) in [6.07, 6.45) is 3.79. The smallest absolute Gasteiger partial charge is 0.237 e. The van der Waals surface area contributed by atoms with Crippen LogP contribution in [-0.4, -0.2) is 45.8 Å². The lowest BCUT2D eigenvalue weighted by Gasteiger charge is -2.40. The standard InChI is InChI=1S/C12H21N5O/c1-8(13)11(10-6-15-16(3)7-10)17-5-4-14-12(18)9(17)2/h6-9,11H,4-5,13H2,1-3H3,(H,14,18). The third-order valence-electron chi connectivity index (χ3n) is 3.47. The molecule has 0 aliphatic carbocycles. The molecule has 0 saturated carbocycles. The van der Waals surface area contributed by atoms with Crippen LogP contribution in [0.25, 0.3) is 0 Å². The Hall–Kier alpha value is -1.40. The number of nitrogens with one attached hydrogen (secondary N) is 1. The van der Waals surface area contributed by atoms with E-state index in [0.29, 0.717) is 6.54 Å². The molecule has 0 radical (unpaired) electrons. The number of rotatable bonds is 3. The minimum atomic E-state index is -0.157. The van der Waals surface area contributed by atoms with Crippen LogP contribution in [0.2, 0.25) is 0 Å². The average Bonchev–Trinajstić information content (AvgIpc) is 2.71. The molecule has 1 aromatic heterocycles. The predicted octanol–water partition coefficient (Wildman–Crippen LogP) is -0.371. The van der Waals surface area contributed by atoms with Crippen molar-refractivity contribution in [2.24, 2.45) is 12.8 Å². The van der Waals surface area contributed by atoms with Crippen molar-refractivity contribution in [2.75, 3.05) is 13.1 Å². The van der Waals surface area contributed by atoms with Crippen molar-refractivity contribution in [1.29, 1.82) is 0 Å². The number of nitrogens with zero attached hydrogens (tertiary/aromatic N) is 3. The van der Waals surface area contributed by atoms with Crippen molar-refractivity contribution >= 4 is 5.91 Å². The van der Waals surface area contributed by atoms with Crippen LogP contribution in [0.15, 0.2) is 12.4 Å². The third kappa shape index (κ3) is 2.39. The van der Waals surface area contributed by atoms with Gasteiger partial charge in [0.2, 0.25) is 5.91 Å². The fourth-order valence-electron chi connectivity index (χ4n) is 2.57. The van der Waals surface area contributed by atoms with E-state index >= 15 is 0 Å². The fraction of sp³-hybridized carbons (Fsp3) is 0.667. The lowest BCUT2D eigenvalue weighted by molar-refractivity contribution is -0.129. The molecule has 1 fully saturated rings. The molecule has 1 amide bonds. The van der Waals surface area contributed by atoms with Gasteiger partial charge >= 0.3 is 0 Å². The second kappa shape index (κ2) is 5.07. The lowest BCUT2D eigenvalue weighted by atomic mass is 9.99. The Morgan fingerprint density at radius 1 is 1.61 bits per heavy atom. The Balaban J connectivity index is 2.27. The van der Waals surface area contributed by atoms with Gasteiger partial charge in [0.1, 0.15) is 0 Å². The maximum atomic E-state index is 11.8. The summed E-state index contributed by atoms with van der Waals surface area (Å²) in [4.78, 5) is 13.9. The Kier molecular flexibility index (Phi) is 3.68. The zero-order valence-corrected chi connectivity index (χ0v) is 11.1. The molecule has 6 nitrogen and oxygen atoms in total. The molecule has 0 bridgehead atoms. The zero-order chi connectivity index (χ0) is 13.3. The van der Waals surface area contributed by atoms with E-state index in [9.17, 15) is 4.79 Å². The normalized spacial score (nSPS) is 24.7. The summed E-state index contributed by atoms with van der Waals surface area (Å²) in [5, 5.41) is 7.06. The van der Waals surface area contributed by atoms with Crippen molar-refractivity contribution in [2.45, 2.75) is 32.0 Å². The Labute approximate surface area is 107 Å². The molecule has 3 N–H and O–H groups in total. The Morgan fingerprint density at radius 2 is 2.33 bits per heavy atom. The van der Waals surface area contributed by atoms with Gasteiger partial charge in [0.15, 0.2) is 0 Å². The monoisotopic (exact) mass is 251 g/mol. The molecule has 1 saturated heterocycles. The van der Waals surface area contributed by atoms with Crippen molar-refractivity contribution in [1.82, 2.24) is 20.0 Å². The minimum Gasteiger partial charge on any atom is -0.353 e. The first-order chi connectivity index (χ1) is 8.50. The molecule has 0 spiro atoms. The molecule has 3 atom stereocenters. The van der Waals surface area contributed by atoms with Crippen LogP contribution in [0.4, 0.5) is 0 Å². The van der Waals surface area contributed by atoms with E-state index in [1.54, 1.807) is 4.68 Å². The fourth-order valence-corrected chi connectivity index (χ4v) is 2.57. The summed E-state index contributed by atoms with van der Waals surface area (Å²) < 4.78 is 1.76. The van der Waals surface area contributed by atoms with Gasteiger partial charge in [-0.05, 0) is 13.8 Å². The summed E-state index contributed by atoms with van der Waals surface area (Å²) in [7, 11) is 1.88. The molecule has 1 aliphatic rings. The molecular formula is C12H21N5O. The van der Waals surface area contributed by atoms with E-state index in [1.807, 2.05) is 33.3 Å². The van der Waals surface area contributed by atoms with Crippen LogP contribution >= 0.6 is 0 Å². The van der Waals surface area contributed by atoms with Crippen molar-refractivity contribution in [3.63, 3.8) is 0 Å². The topological polar surface area (TPSA) is 76.2 Å². The molecule has 1 aromatic rings. The molecule has 2 rings (SSSR count). The first kappa shape index (κ1) is 13.0. The largest absolute Gasteiger partial charge is 0.353 e. The SMILES string of the molecule is CC(N)C(c1cnn(C)c1)N1CCNC(=O)C1C. The molecule has 0 aromatic carbocycles. The molecule has 3 unspecified atom stereocenters. The summed E-state index contributed by atoms with van der Waals surface area (Å²) in [6.45, 7) is 5.37. The van der Waals surface area contributed by atoms with E-state index in [1.165, 1.54) is 0 Å². The van der Waals surface area contributed by atoms with E-state index in [4.69, 9.17) is 5.73 Å². The maximum absolute atomic E-state index is 11.8. The number of piperazine rings is 1. The van der Waals surface area contributed by atoms with Gasteiger partial charge in [0.05, 0.1) is 18.3 Å². The molecule has 18 heavy (non-hydrogen) atoms. The number of aromatic nitrogens is 2. The highest BCUT2D eigenvalue weighted by Gasteiger charge is 2.34. The highest BCUT2D eigenvalue weighted by atomic mass is 16.2. The number of hydrogen-bond donors (Lipinski definition) is 2. The van der Waals surface area contributed by atoms with Gasteiger partial charge in [-0.1, -0.05) is 0 Å². The summed E-state index contributed by atoms with van der Waals surface area (Å²) in [6, 6.07) is -0.183.